The van der Waals surface area contributed by atoms with Gasteiger partial charge in [-0.2, -0.15) is 0 Å². The van der Waals surface area contributed by atoms with E-state index in [1.54, 1.807) is 35.6 Å². The molecule has 0 spiro atoms. The van der Waals surface area contributed by atoms with E-state index in [0.717, 1.165) is 12.1 Å². The fourth-order valence-corrected chi connectivity index (χ4v) is 2.97. The zero-order valence-corrected chi connectivity index (χ0v) is 13.2. The molecule has 0 radical (unpaired) electrons. The highest BCUT2D eigenvalue weighted by atomic mass is 35.5. The standard InChI is InChI=1S/C16H18ClNOS/c1-12(16-4-3-11-20-16)18(2)10-9-15(19)13-5-7-14(17)8-6-13/h3-8,11-12H,9-10H2,1-2H3. The van der Waals surface area contributed by atoms with E-state index in [4.69, 9.17) is 11.6 Å². The van der Waals surface area contributed by atoms with Crippen LogP contribution in [-0.2, 0) is 0 Å². The highest BCUT2D eigenvalue weighted by molar-refractivity contribution is 7.10. The molecule has 0 saturated heterocycles. The molecule has 1 unspecified atom stereocenters. The lowest BCUT2D eigenvalue weighted by molar-refractivity contribution is 0.0962. The average molecular weight is 308 g/mol. The van der Waals surface area contributed by atoms with Crippen molar-refractivity contribution < 1.29 is 4.79 Å². The molecular weight excluding hydrogens is 290 g/mol. The predicted octanol–water partition coefficient (Wildman–Crippen LogP) is 4.67. The van der Waals surface area contributed by atoms with Gasteiger partial charge in [0.15, 0.2) is 5.78 Å². The molecule has 0 bridgehead atoms. The fraction of sp³-hybridized carbons (Fsp3) is 0.312. The Morgan fingerprint density at radius 2 is 2.00 bits per heavy atom. The normalized spacial score (nSPS) is 12.6. The number of benzene rings is 1. The van der Waals surface area contributed by atoms with Gasteiger partial charge in [0.1, 0.15) is 0 Å². The van der Waals surface area contributed by atoms with Crippen LogP contribution in [0.15, 0.2) is 41.8 Å². The maximum atomic E-state index is 12.1. The van der Waals surface area contributed by atoms with E-state index in [1.807, 2.05) is 0 Å². The van der Waals surface area contributed by atoms with Gasteiger partial charge in [-0.1, -0.05) is 17.7 Å². The van der Waals surface area contributed by atoms with Gasteiger partial charge in [0, 0.05) is 34.5 Å². The third-order valence-corrected chi connectivity index (χ3v) is 4.77. The molecule has 0 N–H and O–H groups in total. The minimum Gasteiger partial charge on any atom is -0.298 e. The molecule has 1 heterocycles. The third-order valence-electron chi connectivity index (χ3n) is 3.47. The lowest BCUT2D eigenvalue weighted by atomic mass is 10.1. The number of halogens is 1. The van der Waals surface area contributed by atoms with Gasteiger partial charge in [-0.05, 0) is 49.7 Å². The molecule has 2 aromatic rings. The van der Waals surface area contributed by atoms with Gasteiger partial charge in [-0.25, -0.2) is 0 Å². The van der Waals surface area contributed by atoms with E-state index in [0.29, 0.717) is 17.5 Å². The largest absolute Gasteiger partial charge is 0.298 e. The van der Waals surface area contributed by atoms with Crippen molar-refractivity contribution in [3.05, 3.63) is 57.2 Å². The Morgan fingerprint density at radius 3 is 2.60 bits per heavy atom. The van der Waals surface area contributed by atoms with Crippen molar-refractivity contribution in [1.82, 2.24) is 4.90 Å². The smallest absolute Gasteiger partial charge is 0.164 e. The highest BCUT2D eigenvalue weighted by Crippen LogP contribution is 2.23. The van der Waals surface area contributed by atoms with Crippen LogP contribution in [0.2, 0.25) is 5.02 Å². The molecule has 0 aliphatic carbocycles. The third kappa shape index (κ3) is 3.92. The second kappa shape index (κ2) is 7.02. The second-order valence-electron chi connectivity index (χ2n) is 4.85. The number of hydrogen-bond acceptors (Lipinski definition) is 3. The average Bonchev–Trinajstić information content (AvgIpc) is 2.98. The molecule has 0 aliphatic heterocycles. The van der Waals surface area contributed by atoms with Crippen molar-refractivity contribution in [1.29, 1.82) is 0 Å². The highest BCUT2D eigenvalue weighted by Gasteiger charge is 2.14. The first-order valence-corrected chi connectivity index (χ1v) is 7.86. The van der Waals surface area contributed by atoms with Crippen LogP contribution < -0.4 is 0 Å². The molecule has 2 nitrogen and oxygen atoms in total. The molecule has 0 saturated carbocycles. The Balaban J connectivity index is 1.88. The van der Waals surface area contributed by atoms with Crippen LogP contribution in [0.5, 0.6) is 0 Å². The van der Waals surface area contributed by atoms with Crippen molar-refractivity contribution in [2.75, 3.05) is 13.6 Å². The number of carbonyl (C=O) groups is 1. The Kier molecular flexibility index (Phi) is 5.35. The SMILES string of the molecule is CC(c1cccs1)N(C)CCC(=O)c1ccc(Cl)cc1. The molecule has 20 heavy (non-hydrogen) atoms. The summed E-state index contributed by atoms with van der Waals surface area (Å²) in [5.74, 6) is 0.159. The quantitative estimate of drug-likeness (QED) is 0.723. The van der Waals surface area contributed by atoms with Crippen LogP contribution in [0.4, 0.5) is 0 Å². The predicted molar refractivity (Wildman–Crippen MR) is 85.8 cm³/mol. The van der Waals surface area contributed by atoms with Gasteiger partial charge in [-0.15, -0.1) is 11.3 Å². The van der Waals surface area contributed by atoms with Crippen molar-refractivity contribution in [2.45, 2.75) is 19.4 Å². The van der Waals surface area contributed by atoms with Gasteiger partial charge in [0.2, 0.25) is 0 Å². The Hall–Kier alpha value is -1.16. The van der Waals surface area contributed by atoms with Crippen molar-refractivity contribution >= 4 is 28.7 Å². The molecule has 4 heteroatoms. The number of thiophene rings is 1. The second-order valence-corrected chi connectivity index (χ2v) is 6.27. The molecule has 1 aromatic carbocycles. The molecule has 106 valence electrons. The van der Waals surface area contributed by atoms with Crippen molar-refractivity contribution in [3.8, 4) is 0 Å². The topological polar surface area (TPSA) is 20.3 Å². The summed E-state index contributed by atoms with van der Waals surface area (Å²) in [6.45, 7) is 2.92. The van der Waals surface area contributed by atoms with Crippen LogP contribution in [0, 0.1) is 0 Å². The molecule has 0 aliphatic rings. The van der Waals surface area contributed by atoms with Crippen LogP contribution in [0.25, 0.3) is 0 Å². The lowest BCUT2D eigenvalue weighted by Crippen LogP contribution is -2.24. The summed E-state index contributed by atoms with van der Waals surface area (Å²) in [5.41, 5.74) is 0.728. The number of carbonyl (C=O) groups excluding carboxylic acids is 1. The fourth-order valence-electron chi connectivity index (χ4n) is 2.00. The van der Waals surface area contributed by atoms with Crippen molar-refractivity contribution in [2.24, 2.45) is 0 Å². The van der Waals surface area contributed by atoms with Gasteiger partial charge in [0.25, 0.3) is 0 Å². The van der Waals surface area contributed by atoms with Crippen LogP contribution in [0.1, 0.15) is 34.6 Å². The molecule has 0 fully saturated rings. The molecule has 1 aromatic heterocycles. The summed E-state index contributed by atoms with van der Waals surface area (Å²) in [6, 6.07) is 11.6. The molecule has 2 rings (SSSR count). The van der Waals surface area contributed by atoms with Crippen LogP contribution >= 0.6 is 22.9 Å². The Bertz CT molecular complexity index is 550. The number of Topliss-reactive ketones (excluding diaryl/α,β-unsaturated/α-hetero) is 1. The first-order valence-electron chi connectivity index (χ1n) is 6.60. The van der Waals surface area contributed by atoms with Crippen LogP contribution in [0.3, 0.4) is 0 Å². The maximum Gasteiger partial charge on any atom is 0.164 e. The number of ketones is 1. The molecule has 1 atom stereocenters. The Morgan fingerprint density at radius 1 is 1.30 bits per heavy atom. The summed E-state index contributed by atoms with van der Waals surface area (Å²) >= 11 is 7.57. The summed E-state index contributed by atoms with van der Waals surface area (Å²) in [5, 5.41) is 2.74. The van der Waals surface area contributed by atoms with E-state index in [-0.39, 0.29) is 5.78 Å². The first-order chi connectivity index (χ1) is 9.58. The summed E-state index contributed by atoms with van der Waals surface area (Å²) in [4.78, 5) is 15.6. The van der Waals surface area contributed by atoms with Gasteiger partial charge in [0.05, 0.1) is 0 Å². The minimum absolute atomic E-state index is 0.159. The molecule has 0 amide bonds. The number of rotatable bonds is 6. The Labute approximate surface area is 129 Å². The van der Waals surface area contributed by atoms with Crippen LogP contribution in [-0.4, -0.2) is 24.3 Å². The maximum absolute atomic E-state index is 12.1. The summed E-state index contributed by atoms with van der Waals surface area (Å²) < 4.78 is 0. The zero-order chi connectivity index (χ0) is 14.5. The van der Waals surface area contributed by atoms with Gasteiger partial charge >= 0.3 is 0 Å². The molecular formula is C16H18ClNOS. The van der Waals surface area contributed by atoms with Gasteiger partial charge in [-0.3, -0.25) is 9.69 Å². The zero-order valence-electron chi connectivity index (χ0n) is 11.7. The monoisotopic (exact) mass is 307 g/mol. The van der Waals surface area contributed by atoms with E-state index < -0.39 is 0 Å². The van der Waals surface area contributed by atoms with Crippen molar-refractivity contribution in [3.63, 3.8) is 0 Å². The summed E-state index contributed by atoms with van der Waals surface area (Å²) in [7, 11) is 2.06. The van der Waals surface area contributed by atoms with E-state index in [9.17, 15) is 4.79 Å². The van der Waals surface area contributed by atoms with E-state index in [2.05, 4.69) is 36.4 Å². The first kappa shape index (κ1) is 15.2. The summed E-state index contributed by atoms with van der Waals surface area (Å²) in [6.07, 6.45) is 0.522. The van der Waals surface area contributed by atoms with E-state index in [1.165, 1.54) is 4.88 Å². The lowest BCUT2D eigenvalue weighted by Gasteiger charge is -2.23. The minimum atomic E-state index is 0.159. The number of nitrogens with zero attached hydrogens (tertiary/aromatic N) is 1. The van der Waals surface area contributed by atoms with E-state index >= 15 is 0 Å². The van der Waals surface area contributed by atoms with Gasteiger partial charge < -0.3 is 0 Å². The number of hydrogen-bond donors (Lipinski definition) is 0.